The Kier molecular flexibility index (Phi) is 7.24. The minimum Gasteiger partial charge on any atom is -0.493 e. The number of methoxy groups -OCH3 is 2. The number of likely N-dealkylation sites (tertiary alicyclic amines) is 1. The van der Waals surface area contributed by atoms with E-state index in [1.165, 1.54) is 6.07 Å². The van der Waals surface area contributed by atoms with Crippen molar-refractivity contribution < 1.29 is 22.7 Å². The first kappa shape index (κ1) is 23.6. The van der Waals surface area contributed by atoms with Gasteiger partial charge in [0, 0.05) is 25.2 Å². The number of hydrogen-bond acceptors (Lipinski definition) is 5. The number of ether oxygens (including phenoxy) is 2. The molecule has 0 spiro atoms. The summed E-state index contributed by atoms with van der Waals surface area (Å²) < 4.78 is 38.8. The summed E-state index contributed by atoms with van der Waals surface area (Å²) in [6, 6.07) is 12.1. The van der Waals surface area contributed by atoms with Gasteiger partial charge in [0.25, 0.3) is 5.91 Å². The maximum absolute atomic E-state index is 13.5. The van der Waals surface area contributed by atoms with E-state index in [2.05, 4.69) is 0 Å². The molecule has 2 fully saturated rings. The highest BCUT2D eigenvalue weighted by Crippen LogP contribution is 2.37. The van der Waals surface area contributed by atoms with E-state index in [0.29, 0.717) is 36.7 Å². The maximum atomic E-state index is 13.5. The lowest BCUT2D eigenvalue weighted by molar-refractivity contribution is 0.0735. The molecule has 7 nitrogen and oxygen atoms in total. The summed E-state index contributed by atoms with van der Waals surface area (Å²) in [6.45, 7) is 1.70. The van der Waals surface area contributed by atoms with Gasteiger partial charge in [-0.25, -0.2) is 8.42 Å². The van der Waals surface area contributed by atoms with Gasteiger partial charge in [-0.3, -0.25) is 4.79 Å². The Bertz CT molecular complexity index is 1090. The van der Waals surface area contributed by atoms with Gasteiger partial charge in [-0.2, -0.15) is 4.31 Å². The van der Waals surface area contributed by atoms with E-state index in [1.54, 1.807) is 36.7 Å². The number of benzene rings is 2. The van der Waals surface area contributed by atoms with Crippen molar-refractivity contribution in [3.05, 3.63) is 53.6 Å². The van der Waals surface area contributed by atoms with Gasteiger partial charge in [-0.15, -0.1) is 0 Å². The Hall–Kier alpha value is -2.58. The SMILES string of the molecule is COc1ccc(C2CCCN2C(=O)c2cccc(S(=O)(=O)N3CCCCCC3)c2)cc1OC. The molecule has 2 aliphatic rings. The average Bonchev–Trinajstić information content (AvgIpc) is 3.16. The number of hydrogen-bond donors (Lipinski definition) is 0. The van der Waals surface area contributed by atoms with Crippen molar-refractivity contribution in [2.24, 2.45) is 0 Å². The lowest BCUT2D eigenvalue weighted by atomic mass is 10.0. The van der Waals surface area contributed by atoms with Gasteiger partial charge in [-0.1, -0.05) is 25.0 Å². The molecule has 0 radical (unpaired) electrons. The molecule has 1 unspecified atom stereocenters. The molecule has 4 rings (SSSR count). The summed E-state index contributed by atoms with van der Waals surface area (Å²) in [6.07, 6.45) is 5.58. The highest BCUT2D eigenvalue weighted by Gasteiger charge is 2.32. The van der Waals surface area contributed by atoms with Gasteiger partial charge in [-0.05, 0) is 61.6 Å². The zero-order chi connectivity index (χ0) is 23.4. The maximum Gasteiger partial charge on any atom is 0.254 e. The van der Waals surface area contributed by atoms with Crippen LogP contribution < -0.4 is 9.47 Å². The van der Waals surface area contributed by atoms with Gasteiger partial charge in [0.1, 0.15) is 0 Å². The third-order valence-electron chi connectivity index (χ3n) is 6.59. The van der Waals surface area contributed by atoms with Crippen LogP contribution in [0.2, 0.25) is 0 Å². The largest absolute Gasteiger partial charge is 0.493 e. The first-order chi connectivity index (χ1) is 16.0. The molecule has 2 saturated heterocycles. The van der Waals surface area contributed by atoms with E-state index in [-0.39, 0.29) is 16.8 Å². The monoisotopic (exact) mass is 472 g/mol. The number of carbonyl (C=O) groups is 1. The standard InChI is InChI=1S/C25H32N2O5S/c1-31-23-13-12-19(18-24(23)32-2)22-11-8-16-27(22)25(28)20-9-7-10-21(17-20)33(29,30)26-14-5-3-4-6-15-26/h7,9-10,12-13,17-18,22H,3-6,8,11,14-16H2,1-2H3. The van der Waals surface area contributed by atoms with E-state index in [4.69, 9.17) is 9.47 Å². The van der Waals surface area contributed by atoms with Crippen LogP contribution in [-0.4, -0.2) is 57.4 Å². The van der Waals surface area contributed by atoms with Gasteiger partial charge in [0.05, 0.1) is 25.2 Å². The van der Waals surface area contributed by atoms with Gasteiger partial charge < -0.3 is 14.4 Å². The van der Waals surface area contributed by atoms with Crippen LogP contribution in [0.25, 0.3) is 0 Å². The highest BCUT2D eigenvalue weighted by atomic mass is 32.2. The lowest BCUT2D eigenvalue weighted by Gasteiger charge is -2.26. The Morgan fingerprint density at radius 2 is 1.61 bits per heavy atom. The van der Waals surface area contributed by atoms with Crippen LogP contribution in [0.15, 0.2) is 47.4 Å². The van der Waals surface area contributed by atoms with E-state index < -0.39 is 10.0 Å². The van der Waals surface area contributed by atoms with Crippen molar-refractivity contribution in [3.63, 3.8) is 0 Å². The van der Waals surface area contributed by atoms with Crippen LogP contribution in [0.1, 0.15) is 60.5 Å². The van der Waals surface area contributed by atoms with E-state index >= 15 is 0 Å². The molecule has 2 aliphatic heterocycles. The summed E-state index contributed by atoms with van der Waals surface area (Å²) in [5, 5.41) is 0. The topological polar surface area (TPSA) is 76.2 Å². The summed E-state index contributed by atoms with van der Waals surface area (Å²) in [5.74, 6) is 1.11. The van der Waals surface area contributed by atoms with Crippen molar-refractivity contribution in [1.82, 2.24) is 9.21 Å². The second kappa shape index (κ2) is 10.1. The fourth-order valence-corrected chi connectivity index (χ4v) is 6.37. The number of nitrogens with zero attached hydrogens (tertiary/aromatic N) is 2. The number of carbonyl (C=O) groups excluding carboxylic acids is 1. The molecule has 0 aromatic heterocycles. The second-order valence-electron chi connectivity index (χ2n) is 8.62. The third-order valence-corrected chi connectivity index (χ3v) is 8.48. The molecule has 0 N–H and O–H groups in total. The number of amides is 1. The summed E-state index contributed by atoms with van der Waals surface area (Å²) in [5.41, 5.74) is 1.38. The van der Waals surface area contributed by atoms with E-state index in [9.17, 15) is 13.2 Å². The molecular formula is C25H32N2O5S. The van der Waals surface area contributed by atoms with E-state index in [0.717, 1.165) is 44.1 Å². The average molecular weight is 473 g/mol. The highest BCUT2D eigenvalue weighted by molar-refractivity contribution is 7.89. The molecule has 1 amide bonds. The molecule has 2 aromatic rings. The van der Waals surface area contributed by atoms with Crippen LogP contribution in [-0.2, 0) is 10.0 Å². The van der Waals surface area contributed by atoms with Gasteiger partial charge in [0.2, 0.25) is 10.0 Å². The lowest BCUT2D eigenvalue weighted by Crippen LogP contribution is -2.33. The van der Waals surface area contributed by atoms with Crippen LogP contribution in [0.4, 0.5) is 0 Å². The molecule has 8 heteroatoms. The van der Waals surface area contributed by atoms with Crippen molar-refractivity contribution in [1.29, 1.82) is 0 Å². The second-order valence-corrected chi connectivity index (χ2v) is 10.6. The molecule has 178 valence electrons. The fourth-order valence-electron chi connectivity index (χ4n) is 4.80. The smallest absolute Gasteiger partial charge is 0.254 e. The molecule has 1 atom stereocenters. The quantitative estimate of drug-likeness (QED) is 0.628. The first-order valence-electron chi connectivity index (χ1n) is 11.6. The van der Waals surface area contributed by atoms with Crippen LogP contribution in [0, 0.1) is 0 Å². The molecule has 0 bridgehead atoms. The number of sulfonamides is 1. The van der Waals surface area contributed by atoms with Gasteiger partial charge in [0.15, 0.2) is 11.5 Å². The van der Waals surface area contributed by atoms with Crippen LogP contribution in [0.3, 0.4) is 0 Å². The molecule has 33 heavy (non-hydrogen) atoms. The normalized spacial score (nSPS) is 19.8. The summed E-state index contributed by atoms with van der Waals surface area (Å²) in [4.78, 5) is 15.5. The molecule has 0 aliphatic carbocycles. The molecular weight excluding hydrogens is 440 g/mol. The van der Waals surface area contributed by atoms with Crippen molar-refractivity contribution in [2.45, 2.75) is 49.5 Å². The Morgan fingerprint density at radius 3 is 2.30 bits per heavy atom. The van der Waals surface area contributed by atoms with E-state index in [1.807, 2.05) is 23.1 Å². The Morgan fingerprint density at radius 1 is 0.879 bits per heavy atom. The zero-order valence-corrected chi connectivity index (χ0v) is 20.1. The predicted octanol–water partition coefficient (Wildman–Crippen LogP) is 4.25. The zero-order valence-electron chi connectivity index (χ0n) is 19.3. The molecule has 2 aromatic carbocycles. The van der Waals surface area contributed by atoms with Crippen LogP contribution >= 0.6 is 0 Å². The van der Waals surface area contributed by atoms with Crippen molar-refractivity contribution in [3.8, 4) is 11.5 Å². The first-order valence-corrected chi connectivity index (χ1v) is 13.0. The Labute approximate surface area is 196 Å². The number of rotatable bonds is 6. The predicted molar refractivity (Wildman–Crippen MR) is 126 cm³/mol. The third kappa shape index (κ3) is 4.87. The van der Waals surface area contributed by atoms with Gasteiger partial charge >= 0.3 is 0 Å². The fraction of sp³-hybridized carbons (Fsp3) is 0.480. The van der Waals surface area contributed by atoms with Crippen molar-refractivity contribution >= 4 is 15.9 Å². The summed E-state index contributed by atoms with van der Waals surface area (Å²) >= 11 is 0. The minimum atomic E-state index is -3.62. The molecule has 2 heterocycles. The minimum absolute atomic E-state index is 0.0943. The van der Waals surface area contributed by atoms with Crippen molar-refractivity contribution in [2.75, 3.05) is 33.9 Å². The summed E-state index contributed by atoms with van der Waals surface area (Å²) in [7, 11) is -0.430. The molecule has 0 saturated carbocycles. The van der Waals surface area contributed by atoms with Crippen LogP contribution in [0.5, 0.6) is 11.5 Å². The Balaban J connectivity index is 1.59.